The van der Waals surface area contributed by atoms with E-state index < -0.39 is 0 Å². The van der Waals surface area contributed by atoms with Gasteiger partial charge in [-0.1, -0.05) is 6.07 Å². The van der Waals surface area contributed by atoms with E-state index in [2.05, 4.69) is 4.98 Å². The molecule has 0 unspecified atom stereocenters. The molecule has 0 saturated carbocycles. The highest BCUT2D eigenvalue weighted by molar-refractivity contribution is 5.54. The van der Waals surface area contributed by atoms with E-state index in [1.54, 1.807) is 18.3 Å². The van der Waals surface area contributed by atoms with Crippen LogP contribution in [0.4, 0.5) is 15.8 Å². The van der Waals surface area contributed by atoms with Crippen LogP contribution in [0.15, 0.2) is 42.6 Å². The quantitative estimate of drug-likeness (QED) is 0.841. The molecule has 4 heteroatoms. The summed E-state index contributed by atoms with van der Waals surface area (Å²) < 4.78 is 13.7. The van der Waals surface area contributed by atoms with Crippen molar-refractivity contribution in [3.63, 3.8) is 0 Å². The van der Waals surface area contributed by atoms with Gasteiger partial charge in [0.2, 0.25) is 0 Å². The lowest BCUT2D eigenvalue weighted by atomic mass is 10.2. The average Bonchev–Trinajstić information content (AvgIpc) is 2.37. The Kier molecular flexibility index (Phi) is 3.77. The predicted octanol–water partition coefficient (Wildman–Crippen LogP) is 2.48. The lowest BCUT2D eigenvalue weighted by molar-refractivity contribution is 0.622. The van der Waals surface area contributed by atoms with Gasteiger partial charge < -0.3 is 10.6 Å². The normalized spacial score (nSPS) is 10.3. The number of nitrogens with zero attached hydrogens (tertiary/aromatic N) is 2. The number of nitrogen functional groups attached to an aromatic ring is 1. The maximum atomic E-state index is 13.7. The number of hydrogen-bond donors (Lipinski definition) is 1. The van der Waals surface area contributed by atoms with Gasteiger partial charge in [0.15, 0.2) is 0 Å². The van der Waals surface area contributed by atoms with Crippen LogP contribution in [-0.2, 0) is 6.42 Å². The Morgan fingerprint density at radius 1 is 1.28 bits per heavy atom. The molecule has 0 amide bonds. The molecule has 0 saturated heterocycles. The summed E-state index contributed by atoms with van der Waals surface area (Å²) in [5.74, 6) is -0.293. The fraction of sp³-hybridized carbons (Fsp3) is 0.214. The molecule has 0 bridgehead atoms. The first-order valence-electron chi connectivity index (χ1n) is 5.83. The van der Waals surface area contributed by atoms with E-state index in [4.69, 9.17) is 5.73 Å². The van der Waals surface area contributed by atoms with Crippen LogP contribution < -0.4 is 10.6 Å². The second kappa shape index (κ2) is 5.49. The second-order valence-corrected chi connectivity index (χ2v) is 4.20. The second-order valence-electron chi connectivity index (χ2n) is 4.20. The van der Waals surface area contributed by atoms with E-state index in [1.165, 1.54) is 6.07 Å². The fourth-order valence-electron chi connectivity index (χ4n) is 1.78. The molecule has 0 aliphatic carbocycles. The summed E-state index contributed by atoms with van der Waals surface area (Å²) in [5.41, 5.74) is 7.52. The van der Waals surface area contributed by atoms with Crippen LogP contribution in [0, 0.1) is 5.82 Å². The first kappa shape index (κ1) is 12.4. The topological polar surface area (TPSA) is 42.2 Å². The first-order chi connectivity index (χ1) is 8.66. The van der Waals surface area contributed by atoms with Crippen molar-refractivity contribution in [2.24, 2.45) is 0 Å². The molecule has 2 aromatic rings. The molecular weight excluding hydrogens is 229 g/mol. The van der Waals surface area contributed by atoms with E-state index in [0.29, 0.717) is 17.9 Å². The number of hydrogen-bond acceptors (Lipinski definition) is 3. The molecule has 0 aliphatic heterocycles. The SMILES string of the molecule is CN(CCc1ccccn1)c1ccc(N)cc1F. The Morgan fingerprint density at radius 2 is 2.11 bits per heavy atom. The van der Waals surface area contributed by atoms with Crippen molar-refractivity contribution in [1.29, 1.82) is 0 Å². The largest absolute Gasteiger partial charge is 0.399 e. The van der Waals surface area contributed by atoms with E-state index in [0.717, 1.165) is 12.1 Å². The smallest absolute Gasteiger partial charge is 0.148 e. The van der Waals surface area contributed by atoms with Crippen molar-refractivity contribution < 1.29 is 4.39 Å². The van der Waals surface area contributed by atoms with Crippen LogP contribution >= 0.6 is 0 Å². The zero-order chi connectivity index (χ0) is 13.0. The van der Waals surface area contributed by atoms with Crippen molar-refractivity contribution in [2.45, 2.75) is 6.42 Å². The molecule has 3 nitrogen and oxygen atoms in total. The third kappa shape index (κ3) is 2.97. The first-order valence-corrected chi connectivity index (χ1v) is 5.83. The predicted molar refractivity (Wildman–Crippen MR) is 72.0 cm³/mol. The minimum absolute atomic E-state index is 0.293. The summed E-state index contributed by atoms with van der Waals surface area (Å²) in [7, 11) is 1.86. The summed E-state index contributed by atoms with van der Waals surface area (Å²) in [6.07, 6.45) is 2.54. The molecule has 2 rings (SSSR count). The lowest BCUT2D eigenvalue weighted by Crippen LogP contribution is -2.21. The lowest BCUT2D eigenvalue weighted by Gasteiger charge is -2.19. The van der Waals surface area contributed by atoms with Crippen LogP contribution in [0.3, 0.4) is 0 Å². The summed E-state index contributed by atoms with van der Waals surface area (Å²) >= 11 is 0. The monoisotopic (exact) mass is 245 g/mol. The number of nitrogens with two attached hydrogens (primary N) is 1. The fourth-order valence-corrected chi connectivity index (χ4v) is 1.78. The standard InChI is InChI=1S/C14H16FN3/c1-18(9-7-12-4-2-3-8-17-12)14-6-5-11(16)10-13(14)15/h2-6,8,10H,7,9,16H2,1H3. The molecule has 0 spiro atoms. The Balaban J connectivity index is 2.01. The van der Waals surface area contributed by atoms with Gasteiger partial charge in [-0.3, -0.25) is 4.98 Å². The molecule has 0 atom stereocenters. The number of halogens is 1. The number of aromatic nitrogens is 1. The molecule has 94 valence electrons. The van der Waals surface area contributed by atoms with E-state index in [9.17, 15) is 4.39 Å². The number of anilines is 2. The van der Waals surface area contributed by atoms with Gasteiger partial charge in [0.25, 0.3) is 0 Å². The van der Waals surface area contributed by atoms with Gasteiger partial charge in [-0.15, -0.1) is 0 Å². The summed E-state index contributed by atoms with van der Waals surface area (Å²) in [4.78, 5) is 6.11. The van der Waals surface area contributed by atoms with Gasteiger partial charge in [0, 0.05) is 37.6 Å². The highest BCUT2D eigenvalue weighted by Gasteiger charge is 2.07. The Hall–Kier alpha value is -2.10. The maximum Gasteiger partial charge on any atom is 0.148 e. The zero-order valence-corrected chi connectivity index (χ0v) is 10.3. The molecule has 0 fully saturated rings. The van der Waals surface area contributed by atoms with Crippen LogP contribution in [-0.4, -0.2) is 18.6 Å². The molecule has 1 aromatic carbocycles. The van der Waals surface area contributed by atoms with Crippen molar-refractivity contribution in [3.05, 3.63) is 54.1 Å². The minimum Gasteiger partial charge on any atom is -0.399 e. The van der Waals surface area contributed by atoms with Gasteiger partial charge in [-0.05, 0) is 30.3 Å². The molecule has 2 N–H and O–H groups in total. The average molecular weight is 245 g/mol. The molecule has 1 heterocycles. The van der Waals surface area contributed by atoms with Gasteiger partial charge in [0.05, 0.1) is 5.69 Å². The van der Waals surface area contributed by atoms with E-state index in [1.807, 2.05) is 30.1 Å². The van der Waals surface area contributed by atoms with Gasteiger partial charge in [-0.2, -0.15) is 0 Å². The Morgan fingerprint density at radius 3 is 2.78 bits per heavy atom. The van der Waals surface area contributed by atoms with Crippen molar-refractivity contribution in [3.8, 4) is 0 Å². The minimum atomic E-state index is -0.293. The molecule has 0 radical (unpaired) electrons. The Bertz CT molecular complexity index is 514. The summed E-state index contributed by atoms with van der Waals surface area (Å²) in [6.45, 7) is 0.706. The van der Waals surface area contributed by atoms with E-state index >= 15 is 0 Å². The highest BCUT2D eigenvalue weighted by atomic mass is 19.1. The van der Waals surface area contributed by atoms with Gasteiger partial charge >= 0.3 is 0 Å². The number of likely N-dealkylation sites (N-methyl/N-ethyl adjacent to an activating group) is 1. The maximum absolute atomic E-state index is 13.7. The molecule has 0 aliphatic rings. The zero-order valence-electron chi connectivity index (χ0n) is 10.3. The highest BCUT2D eigenvalue weighted by Crippen LogP contribution is 2.20. The Labute approximate surface area is 106 Å². The number of benzene rings is 1. The molecule has 1 aromatic heterocycles. The van der Waals surface area contributed by atoms with Crippen LogP contribution in [0.25, 0.3) is 0 Å². The third-order valence-corrected chi connectivity index (χ3v) is 2.81. The van der Waals surface area contributed by atoms with Crippen molar-refractivity contribution in [1.82, 2.24) is 4.98 Å². The molecule has 18 heavy (non-hydrogen) atoms. The summed E-state index contributed by atoms with van der Waals surface area (Å²) in [5, 5.41) is 0. The van der Waals surface area contributed by atoms with Crippen LogP contribution in [0.2, 0.25) is 0 Å². The van der Waals surface area contributed by atoms with Crippen LogP contribution in [0.1, 0.15) is 5.69 Å². The molecular formula is C14H16FN3. The van der Waals surface area contributed by atoms with Crippen LogP contribution in [0.5, 0.6) is 0 Å². The third-order valence-electron chi connectivity index (χ3n) is 2.81. The van der Waals surface area contributed by atoms with E-state index in [-0.39, 0.29) is 5.82 Å². The summed E-state index contributed by atoms with van der Waals surface area (Å²) in [6, 6.07) is 10.5. The van der Waals surface area contributed by atoms with Gasteiger partial charge in [-0.25, -0.2) is 4.39 Å². The number of rotatable bonds is 4. The van der Waals surface area contributed by atoms with Crippen molar-refractivity contribution >= 4 is 11.4 Å². The number of pyridine rings is 1. The van der Waals surface area contributed by atoms with Crippen molar-refractivity contribution in [2.75, 3.05) is 24.2 Å². The van der Waals surface area contributed by atoms with Gasteiger partial charge in [0.1, 0.15) is 5.82 Å².